The van der Waals surface area contributed by atoms with Gasteiger partial charge in [-0.05, 0) is 12.1 Å². The van der Waals surface area contributed by atoms with Gasteiger partial charge in [0, 0.05) is 15.8 Å². The molecule has 0 radical (unpaired) electrons. The van der Waals surface area contributed by atoms with E-state index in [2.05, 4.69) is 36.6 Å². The largest absolute Gasteiger partial charge is 0.243 e. The van der Waals surface area contributed by atoms with Crippen LogP contribution in [-0.2, 0) is 10.0 Å². The van der Waals surface area contributed by atoms with Crippen molar-refractivity contribution < 1.29 is 8.42 Å². The molecule has 0 aliphatic rings. The number of hydrogen-bond donors (Lipinski definition) is 1. The van der Waals surface area contributed by atoms with E-state index in [0.717, 1.165) is 0 Å². The number of nitrogens with one attached hydrogen (secondary N) is 1. The van der Waals surface area contributed by atoms with Crippen LogP contribution in [0.25, 0.3) is 0 Å². The third-order valence-electron chi connectivity index (χ3n) is 1.79. The van der Waals surface area contributed by atoms with Gasteiger partial charge in [0.25, 0.3) is 0 Å². The summed E-state index contributed by atoms with van der Waals surface area (Å²) in [6, 6.07) is 2.97. The SMILES string of the molecule is CC(Br)CNS(=O)(=O)c1c(Cl)cc(Br)cc1Cl. The van der Waals surface area contributed by atoms with Gasteiger partial charge in [-0.2, -0.15) is 0 Å². The second-order valence-corrected chi connectivity index (χ2v) is 8.33. The number of benzene rings is 1. The molecule has 1 rings (SSSR count). The Bertz CT molecular complexity index is 497. The van der Waals surface area contributed by atoms with Gasteiger partial charge in [0.2, 0.25) is 10.0 Å². The number of sulfonamides is 1. The fourth-order valence-corrected chi connectivity index (χ4v) is 4.52. The lowest BCUT2D eigenvalue weighted by molar-refractivity contribution is 0.582. The van der Waals surface area contributed by atoms with Crippen molar-refractivity contribution in [3.05, 3.63) is 26.7 Å². The molecule has 1 aromatic rings. The van der Waals surface area contributed by atoms with Crippen molar-refractivity contribution in [2.24, 2.45) is 0 Å². The molecule has 96 valence electrons. The van der Waals surface area contributed by atoms with E-state index in [0.29, 0.717) is 4.47 Å². The zero-order valence-corrected chi connectivity index (χ0v) is 14.2. The van der Waals surface area contributed by atoms with Crippen molar-refractivity contribution in [1.82, 2.24) is 4.72 Å². The molecule has 0 saturated carbocycles. The lowest BCUT2D eigenvalue weighted by Crippen LogP contribution is -2.29. The van der Waals surface area contributed by atoms with Gasteiger partial charge in [-0.3, -0.25) is 0 Å². The summed E-state index contributed by atoms with van der Waals surface area (Å²) < 4.78 is 27.0. The molecule has 1 unspecified atom stereocenters. The van der Waals surface area contributed by atoms with Crippen molar-refractivity contribution >= 4 is 65.1 Å². The van der Waals surface area contributed by atoms with E-state index in [9.17, 15) is 8.42 Å². The van der Waals surface area contributed by atoms with Crippen LogP contribution in [-0.4, -0.2) is 19.8 Å². The first kappa shape index (κ1) is 15.7. The first-order valence-corrected chi connectivity index (χ1v) is 8.47. The fourth-order valence-electron chi connectivity index (χ4n) is 1.08. The maximum absolute atomic E-state index is 12.0. The zero-order valence-electron chi connectivity index (χ0n) is 8.68. The van der Waals surface area contributed by atoms with E-state index in [1.807, 2.05) is 6.92 Å². The lowest BCUT2D eigenvalue weighted by Gasteiger charge is -2.11. The molecule has 0 saturated heterocycles. The van der Waals surface area contributed by atoms with E-state index >= 15 is 0 Å². The third-order valence-corrected chi connectivity index (χ3v) is 4.91. The van der Waals surface area contributed by atoms with E-state index in [4.69, 9.17) is 23.2 Å². The minimum absolute atomic E-state index is 0.0188. The molecule has 1 aromatic carbocycles. The molecule has 17 heavy (non-hydrogen) atoms. The molecule has 1 atom stereocenters. The first-order valence-electron chi connectivity index (χ1n) is 4.52. The van der Waals surface area contributed by atoms with Crippen molar-refractivity contribution in [1.29, 1.82) is 0 Å². The predicted octanol–water partition coefficient (Wildman–Crippen LogP) is 3.82. The Morgan fingerprint density at radius 1 is 1.35 bits per heavy atom. The van der Waals surface area contributed by atoms with E-state index in [-0.39, 0.29) is 26.3 Å². The van der Waals surface area contributed by atoms with Gasteiger partial charge >= 0.3 is 0 Å². The van der Waals surface area contributed by atoms with Gasteiger partial charge in [0.15, 0.2) is 0 Å². The average Bonchev–Trinajstić information content (AvgIpc) is 2.12. The second kappa shape index (κ2) is 6.21. The van der Waals surface area contributed by atoms with E-state index in [1.165, 1.54) is 12.1 Å². The number of rotatable bonds is 4. The van der Waals surface area contributed by atoms with E-state index < -0.39 is 10.0 Å². The maximum Gasteiger partial charge on any atom is 0.243 e. The summed E-state index contributed by atoms with van der Waals surface area (Å²) in [5, 5.41) is 0.165. The van der Waals surface area contributed by atoms with Crippen molar-refractivity contribution in [2.45, 2.75) is 16.6 Å². The van der Waals surface area contributed by atoms with Crippen molar-refractivity contribution in [3.8, 4) is 0 Å². The normalized spacial score (nSPS) is 13.7. The standard InChI is InChI=1S/C9H9Br2Cl2NO2S/c1-5(10)4-14-17(15,16)9-7(12)2-6(11)3-8(9)13/h2-3,5,14H,4H2,1H3. The van der Waals surface area contributed by atoms with Crippen LogP contribution in [0.1, 0.15) is 6.92 Å². The smallest absolute Gasteiger partial charge is 0.210 e. The second-order valence-electron chi connectivity index (χ2n) is 3.33. The summed E-state index contributed by atoms with van der Waals surface area (Å²) >= 11 is 18.2. The molecule has 0 aliphatic carbocycles. The van der Waals surface area contributed by atoms with Gasteiger partial charge in [0.1, 0.15) is 4.90 Å². The molecule has 0 bridgehead atoms. The highest BCUT2D eigenvalue weighted by Crippen LogP contribution is 2.32. The van der Waals surface area contributed by atoms with Crippen LogP contribution in [0.2, 0.25) is 10.0 Å². The van der Waals surface area contributed by atoms with Crippen LogP contribution >= 0.6 is 55.1 Å². The molecule has 3 nitrogen and oxygen atoms in total. The van der Waals surface area contributed by atoms with Crippen LogP contribution in [0.15, 0.2) is 21.5 Å². The first-order chi connectivity index (χ1) is 7.74. The Balaban J connectivity index is 3.16. The molecule has 0 spiro atoms. The highest BCUT2D eigenvalue weighted by atomic mass is 79.9. The molecule has 0 aromatic heterocycles. The van der Waals surface area contributed by atoms with Gasteiger partial charge in [-0.25, -0.2) is 13.1 Å². The Labute approximate surface area is 127 Å². The fraction of sp³-hybridized carbons (Fsp3) is 0.333. The summed E-state index contributed by atoms with van der Waals surface area (Å²) in [5.41, 5.74) is 0. The maximum atomic E-state index is 12.0. The quantitative estimate of drug-likeness (QED) is 0.745. The highest BCUT2D eigenvalue weighted by molar-refractivity contribution is 9.10. The molecule has 0 heterocycles. The highest BCUT2D eigenvalue weighted by Gasteiger charge is 2.22. The summed E-state index contributed by atoms with van der Waals surface area (Å²) in [5.74, 6) is 0. The molecule has 8 heteroatoms. The molecule has 0 aliphatic heterocycles. The number of halogens is 4. The molecule has 0 amide bonds. The average molecular weight is 426 g/mol. The van der Waals surface area contributed by atoms with Crippen LogP contribution in [0.5, 0.6) is 0 Å². The minimum atomic E-state index is -3.70. The molecule has 0 fully saturated rings. The van der Waals surface area contributed by atoms with Crippen LogP contribution < -0.4 is 4.72 Å². The summed E-state index contributed by atoms with van der Waals surface area (Å²) in [6.07, 6.45) is 0. The minimum Gasteiger partial charge on any atom is -0.210 e. The monoisotopic (exact) mass is 423 g/mol. The number of hydrogen-bond acceptors (Lipinski definition) is 2. The summed E-state index contributed by atoms with van der Waals surface area (Å²) in [4.78, 5) is -0.0811. The van der Waals surface area contributed by atoms with Crippen LogP contribution in [0.3, 0.4) is 0 Å². The Morgan fingerprint density at radius 3 is 2.24 bits per heavy atom. The zero-order chi connectivity index (χ0) is 13.2. The third kappa shape index (κ3) is 4.36. The summed E-state index contributed by atoms with van der Waals surface area (Å²) in [6.45, 7) is 2.08. The van der Waals surface area contributed by atoms with Gasteiger partial charge < -0.3 is 0 Å². The van der Waals surface area contributed by atoms with Crippen molar-refractivity contribution in [2.75, 3.05) is 6.54 Å². The van der Waals surface area contributed by atoms with Gasteiger partial charge in [-0.1, -0.05) is 62.0 Å². The lowest BCUT2D eigenvalue weighted by atomic mass is 10.4. The molecule has 1 N–H and O–H groups in total. The van der Waals surface area contributed by atoms with Gasteiger partial charge in [0.05, 0.1) is 10.0 Å². The molecular weight excluding hydrogens is 417 g/mol. The predicted molar refractivity (Wildman–Crippen MR) is 77.7 cm³/mol. The van der Waals surface area contributed by atoms with Gasteiger partial charge in [-0.15, -0.1) is 0 Å². The van der Waals surface area contributed by atoms with Crippen LogP contribution in [0, 0.1) is 0 Å². The van der Waals surface area contributed by atoms with E-state index in [1.54, 1.807) is 0 Å². The van der Waals surface area contributed by atoms with Crippen LogP contribution in [0.4, 0.5) is 0 Å². The Hall–Kier alpha value is 0.670. The topological polar surface area (TPSA) is 46.2 Å². The summed E-state index contributed by atoms with van der Waals surface area (Å²) in [7, 11) is -3.70. The Morgan fingerprint density at radius 2 is 1.82 bits per heavy atom. The Kier molecular flexibility index (Phi) is 5.75. The van der Waals surface area contributed by atoms with Crippen molar-refractivity contribution in [3.63, 3.8) is 0 Å². The number of alkyl halides is 1. The molecular formula is C9H9Br2Cl2NO2S.